The highest BCUT2D eigenvalue weighted by atomic mass is 79.9. The standard InChI is InChI=1S/C12H21BrN4O/c1-8(9-3-4-9)11(16-14)12-10(13)7-15-17(12)5-6-18-2/h7-9,11,16H,3-6,14H2,1-2H3. The molecule has 0 spiro atoms. The molecule has 102 valence electrons. The van der Waals surface area contributed by atoms with Crippen molar-refractivity contribution in [2.75, 3.05) is 13.7 Å². The minimum absolute atomic E-state index is 0.131. The van der Waals surface area contributed by atoms with E-state index in [1.165, 1.54) is 12.8 Å². The van der Waals surface area contributed by atoms with Gasteiger partial charge in [0.05, 0.1) is 35.6 Å². The fourth-order valence-electron chi connectivity index (χ4n) is 2.41. The Hall–Kier alpha value is -0.430. The average molecular weight is 317 g/mol. The minimum Gasteiger partial charge on any atom is -0.383 e. The van der Waals surface area contributed by atoms with E-state index in [-0.39, 0.29) is 6.04 Å². The summed E-state index contributed by atoms with van der Waals surface area (Å²) in [6.07, 6.45) is 4.45. The zero-order valence-electron chi connectivity index (χ0n) is 10.9. The van der Waals surface area contributed by atoms with Crippen LogP contribution in [0.3, 0.4) is 0 Å². The van der Waals surface area contributed by atoms with E-state index >= 15 is 0 Å². The SMILES string of the molecule is COCCn1ncc(Br)c1C(NN)C(C)C1CC1. The Labute approximate surface area is 116 Å². The van der Waals surface area contributed by atoms with Crippen LogP contribution in [0.25, 0.3) is 0 Å². The molecule has 2 rings (SSSR count). The Morgan fingerprint density at radius 3 is 2.94 bits per heavy atom. The molecule has 1 heterocycles. The molecule has 6 heteroatoms. The summed E-state index contributed by atoms with van der Waals surface area (Å²) in [6, 6.07) is 0.131. The third-order valence-electron chi connectivity index (χ3n) is 3.71. The summed E-state index contributed by atoms with van der Waals surface area (Å²) in [5, 5.41) is 4.38. The maximum atomic E-state index is 5.75. The van der Waals surface area contributed by atoms with Gasteiger partial charge in [-0.3, -0.25) is 16.0 Å². The Kier molecular flexibility index (Phi) is 4.77. The van der Waals surface area contributed by atoms with Gasteiger partial charge in [-0.1, -0.05) is 6.92 Å². The van der Waals surface area contributed by atoms with Crippen LogP contribution < -0.4 is 11.3 Å². The normalized spacial score (nSPS) is 18.9. The summed E-state index contributed by atoms with van der Waals surface area (Å²) >= 11 is 3.57. The maximum absolute atomic E-state index is 5.75. The number of rotatable bonds is 7. The minimum atomic E-state index is 0.131. The lowest BCUT2D eigenvalue weighted by molar-refractivity contribution is 0.180. The summed E-state index contributed by atoms with van der Waals surface area (Å²) in [6.45, 7) is 3.64. The number of methoxy groups -OCH3 is 1. The van der Waals surface area contributed by atoms with Crippen molar-refractivity contribution in [3.63, 3.8) is 0 Å². The lowest BCUT2D eigenvalue weighted by Gasteiger charge is -2.24. The third-order valence-corrected chi connectivity index (χ3v) is 4.32. The van der Waals surface area contributed by atoms with Gasteiger partial charge in [-0.15, -0.1) is 0 Å². The summed E-state index contributed by atoms with van der Waals surface area (Å²) in [5.74, 6) is 7.05. The van der Waals surface area contributed by atoms with E-state index in [1.807, 2.05) is 10.9 Å². The van der Waals surface area contributed by atoms with Crippen molar-refractivity contribution in [1.82, 2.24) is 15.2 Å². The van der Waals surface area contributed by atoms with Crippen LogP contribution in [0.4, 0.5) is 0 Å². The molecule has 2 unspecified atom stereocenters. The molecule has 1 aromatic heterocycles. The predicted octanol–water partition coefficient (Wildman–Crippen LogP) is 1.84. The smallest absolute Gasteiger partial charge is 0.0713 e. The van der Waals surface area contributed by atoms with Crippen LogP contribution in [0.2, 0.25) is 0 Å². The molecule has 2 atom stereocenters. The first-order valence-corrected chi connectivity index (χ1v) is 7.14. The van der Waals surface area contributed by atoms with Crippen molar-refractivity contribution in [3.05, 3.63) is 16.4 Å². The summed E-state index contributed by atoms with van der Waals surface area (Å²) in [7, 11) is 1.70. The van der Waals surface area contributed by atoms with Crippen LogP contribution in [0.1, 0.15) is 31.5 Å². The molecule has 0 saturated heterocycles. The van der Waals surface area contributed by atoms with E-state index < -0.39 is 0 Å². The quantitative estimate of drug-likeness (QED) is 0.595. The van der Waals surface area contributed by atoms with Crippen molar-refractivity contribution >= 4 is 15.9 Å². The number of aromatic nitrogens is 2. The van der Waals surface area contributed by atoms with E-state index in [9.17, 15) is 0 Å². The van der Waals surface area contributed by atoms with Crippen LogP contribution in [-0.2, 0) is 11.3 Å². The highest BCUT2D eigenvalue weighted by molar-refractivity contribution is 9.10. The lowest BCUT2D eigenvalue weighted by Crippen LogP contribution is -2.35. The number of hydrazine groups is 1. The average Bonchev–Trinajstić information content (AvgIpc) is 3.15. The Morgan fingerprint density at radius 2 is 2.39 bits per heavy atom. The second kappa shape index (κ2) is 6.14. The Bertz CT molecular complexity index is 391. The van der Waals surface area contributed by atoms with E-state index in [0.29, 0.717) is 12.5 Å². The number of nitrogens with two attached hydrogens (primary N) is 1. The molecule has 18 heavy (non-hydrogen) atoms. The fourth-order valence-corrected chi connectivity index (χ4v) is 2.95. The molecular formula is C12H21BrN4O. The van der Waals surface area contributed by atoms with Gasteiger partial charge in [0.15, 0.2) is 0 Å². The largest absolute Gasteiger partial charge is 0.383 e. The first kappa shape index (κ1) is 14.0. The molecule has 0 bridgehead atoms. The maximum Gasteiger partial charge on any atom is 0.0713 e. The topological polar surface area (TPSA) is 65.1 Å². The fraction of sp³-hybridized carbons (Fsp3) is 0.750. The molecule has 1 fully saturated rings. The zero-order chi connectivity index (χ0) is 13.1. The molecule has 0 aromatic carbocycles. The van der Waals surface area contributed by atoms with Crippen molar-refractivity contribution in [2.24, 2.45) is 17.7 Å². The number of ether oxygens (including phenoxy) is 1. The van der Waals surface area contributed by atoms with Crippen molar-refractivity contribution < 1.29 is 4.74 Å². The number of nitrogens with one attached hydrogen (secondary N) is 1. The number of nitrogens with zero attached hydrogens (tertiary/aromatic N) is 2. The van der Waals surface area contributed by atoms with E-state index in [4.69, 9.17) is 10.6 Å². The molecule has 1 aliphatic carbocycles. The van der Waals surface area contributed by atoms with Gasteiger partial charge in [0.2, 0.25) is 0 Å². The van der Waals surface area contributed by atoms with Crippen LogP contribution in [0.5, 0.6) is 0 Å². The molecule has 1 aromatic rings. The van der Waals surface area contributed by atoms with Gasteiger partial charge in [0, 0.05) is 7.11 Å². The van der Waals surface area contributed by atoms with E-state index in [2.05, 4.69) is 33.4 Å². The van der Waals surface area contributed by atoms with Crippen LogP contribution in [0.15, 0.2) is 10.7 Å². The van der Waals surface area contributed by atoms with Crippen LogP contribution >= 0.6 is 15.9 Å². The van der Waals surface area contributed by atoms with Gasteiger partial charge < -0.3 is 4.74 Å². The van der Waals surface area contributed by atoms with Gasteiger partial charge in [-0.2, -0.15) is 5.10 Å². The van der Waals surface area contributed by atoms with Gasteiger partial charge in [-0.05, 0) is 40.6 Å². The molecule has 3 N–H and O–H groups in total. The summed E-state index contributed by atoms with van der Waals surface area (Å²) in [4.78, 5) is 0. The van der Waals surface area contributed by atoms with Crippen LogP contribution in [0, 0.1) is 11.8 Å². The first-order valence-electron chi connectivity index (χ1n) is 6.35. The number of halogens is 1. The highest BCUT2D eigenvalue weighted by Crippen LogP contribution is 2.43. The lowest BCUT2D eigenvalue weighted by atomic mass is 9.94. The van der Waals surface area contributed by atoms with Gasteiger partial charge >= 0.3 is 0 Å². The first-order chi connectivity index (χ1) is 8.69. The molecular weight excluding hydrogens is 296 g/mol. The molecule has 1 aliphatic rings. The zero-order valence-corrected chi connectivity index (χ0v) is 12.5. The van der Waals surface area contributed by atoms with Gasteiger partial charge in [0.1, 0.15) is 0 Å². The summed E-state index contributed by atoms with van der Waals surface area (Å²) in [5.41, 5.74) is 4.07. The third kappa shape index (κ3) is 2.93. The molecule has 1 saturated carbocycles. The summed E-state index contributed by atoms with van der Waals surface area (Å²) < 4.78 is 8.09. The van der Waals surface area contributed by atoms with E-state index in [1.54, 1.807) is 7.11 Å². The molecule has 0 aliphatic heterocycles. The van der Waals surface area contributed by atoms with Crippen LogP contribution in [-0.4, -0.2) is 23.5 Å². The molecule has 0 amide bonds. The van der Waals surface area contributed by atoms with Crippen molar-refractivity contribution in [1.29, 1.82) is 0 Å². The van der Waals surface area contributed by atoms with Crippen molar-refractivity contribution in [3.8, 4) is 0 Å². The number of hydrogen-bond acceptors (Lipinski definition) is 4. The predicted molar refractivity (Wildman–Crippen MR) is 73.8 cm³/mol. The van der Waals surface area contributed by atoms with Gasteiger partial charge in [-0.25, -0.2) is 0 Å². The highest BCUT2D eigenvalue weighted by Gasteiger charge is 2.35. The second-order valence-electron chi connectivity index (χ2n) is 4.93. The Morgan fingerprint density at radius 1 is 1.67 bits per heavy atom. The Balaban J connectivity index is 2.19. The monoisotopic (exact) mass is 316 g/mol. The van der Waals surface area contributed by atoms with E-state index in [0.717, 1.165) is 22.6 Å². The molecule has 5 nitrogen and oxygen atoms in total. The number of hydrogen-bond donors (Lipinski definition) is 2. The molecule has 0 radical (unpaired) electrons. The second-order valence-corrected chi connectivity index (χ2v) is 5.79. The van der Waals surface area contributed by atoms with Crippen molar-refractivity contribution in [2.45, 2.75) is 32.4 Å². The van der Waals surface area contributed by atoms with Gasteiger partial charge in [0.25, 0.3) is 0 Å².